The van der Waals surface area contributed by atoms with E-state index in [0.717, 1.165) is 0 Å². The lowest BCUT2D eigenvalue weighted by atomic mass is 10.2. The molecule has 6 nitrogen and oxygen atoms in total. The Bertz CT molecular complexity index is 1060. The number of hydrogen-bond donors (Lipinski definition) is 1. The molecule has 0 atom stereocenters. The van der Waals surface area contributed by atoms with Crippen molar-refractivity contribution in [3.8, 4) is 0 Å². The Balaban J connectivity index is 1.76. The largest absolute Gasteiger partial charge is 0.462 e. The smallest absolute Gasteiger partial charge is 0.338 e. The van der Waals surface area contributed by atoms with Gasteiger partial charge in [0.15, 0.2) is 5.43 Å². The molecule has 7 heteroatoms. The van der Waals surface area contributed by atoms with Crippen molar-refractivity contribution in [3.63, 3.8) is 0 Å². The quantitative estimate of drug-likeness (QED) is 0.683. The summed E-state index contributed by atoms with van der Waals surface area (Å²) < 4.78 is 6.58. The molecule has 0 saturated carbocycles. The van der Waals surface area contributed by atoms with Crippen molar-refractivity contribution >= 4 is 40.1 Å². The molecule has 1 heterocycles. The Morgan fingerprint density at radius 2 is 1.85 bits per heavy atom. The van der Waals surface area contributed by atoms with Gasteiger partial charge in [-0.15, -0.1) is 0 Å². The van der Waals surface area contributed by atoms with Gasteiger partial charge in [0.25, 0.3) is 0 Å². The molecule has 0 unspecified atom stereocenters. The first-order valence-electron chi connectivity index (χ1n) is 8.33. The van der Waals surface area contributed by atoms with Crippen LogP contribution in [0.3, 0.4) is 0 Å². The van der Waals surface area contributed by atoms with Gasteiger partial charge in [0.1, 0.15) is 6.54 Å². The number of benzene rings is 2. The van der Waals surface area contributed by atoms with Crippen molar-refractivity contribution < 1.29 is 14.3 Å². The second-order valence-electron chi connectivity index (χ2n) is 5.82. The van der Waals surface area contributed by atoms with E-state index in [1.807, 2.05) is 0 Å². The molecule has 0 saturated heterocycles. The summed E-state index contributed by atoms with van der Waals surface area (Å²) in [4.78, 5) is 36.0. The zero-order valence-corrected chi connectivity index (χ0v) is 15.3. The van der Waals surface area contributed by atoms with Gasteiger partial charge in [-0.1, -0.05) is 11.6 Å². The van der Waals surface area contributed by atoms with Gasteiger partial charge >= 0.3 is 5.97 Å². The maximum Gasteiger partial charge on any atom is 0.338 e. The Morgan fingerprint density at radius 3 is 2.56 bits per heavy atom. The third-order valence-electron chi connectivity index (χ3n) is 3.93. The number of pyridine rings is 1. The first kappa shape index (κ1) is 18.7. The lowest BCUT2D eigenvalue weighted by Crippen LogP contribution is -2.20. The van der Waals surface area contributed by atoms with Gasteiger partial charge in [-0.05, 0) is 49.4 Å². The fraction of sp³-hybridized carbons (Fsp3) is 0.150. The lowest BCUT2D eigenvalue weighted by molar-refractivity contribution is -0.116. The highest BCUT2D eigenvalue weighted by Gasteiger charge is 2.10. The van der Waals surface area contributed by atoms with E-state index < -0.39 is 5.97 Å². The zero-order chi connectivity index (χ0) is 19.4. The van der Waals surface area contributed by atoms with Crippen LogP contribution in [-0.2, 0) is 16.1 Å². The van der Waals surface area contributed by atoms with E-state index in [4.69, 9.17) is 16.3 Å². The van der Waals surface area contributed by atoms with Crippen LogP contribution >= 0.6 is 11.6 Å². The van der Waals surface area contributed by atoms with E-state index in [-0.39, 0.29) is 17.9 Å². The second-order valence-corrected chi connectivity index (χ2v) is 6.25. The zero-order valence-electron chi connectivity index (χ0n) is 14.6. The molecule has 2 aromatic carbocycles. The number of aromatic nitrogens is 1. The van der Waals surface area contributed by atoms with E-state index in [1.165, 1.54) is 6.07 Å². The molecule has 0 aliphatic rings. The molecular formula is C20H17ClN2O4. The van der Waals surface area contributed by atoms with Crippen LogP contribution in [-0.4, -0.2) is 23.1 Å². The standard InChI is InChI=1S/C20H17ClN2O4/c1-2-27-20(26)13-3-6-15(7-4-13)22-19(25)12-23-10-9-18(24)16-8-5-14(21)11-17(16)23/h3-11H,2,12H2,1H3,(H,22,25). The van der Waals surface area contributed by atoms with Gasteiger partial charge in [0.2, 0.25) is 5.91 Å². The summed E-state index contributed by atoms with van der Waals surface area (Å²) in [6, 6.07) is 12.8. The van der Waals surface area contributed by atoms with Gasteiger partial charge in [-0.3, -0.25) is 9.59 Å². The molecular weight excluding hydrogens is 368 g/mol. The van der Waals surface area contributed by atoms with Crippen LogP contribution in [0.25, 0.3) is 10.9 Å². The highest BCUT2D eigenvalue weighted by molar-refractivity contribution is 6.31. The van der Waals surface area contributed by atoms with Gasteiger partial charge in [0.05, 0.1) is 17.7 Å². The number of carbonyl (C=O) groups excluding carboxylic acids is 2. The fourth-order valence-electron chi connectivity index (χ4n) is 2.68. The summed E-state index contributed by atoms with van der Waals surface area (Å²) in [5, 5.41) is 3.74. The van der Waals surface area contributed by atoms with E-state index >= 15 is 0 Å². The van der Waals surface area contributed by atoms with Gasteiger partial charge in [0, 0.05) is 28.4 Å². The molecule has 0 bridgehead atoms. The molecule has 0 spiro atoms. The number of hydrogen-bond acceptors (Lipinski definition) is 4. The van der Waals surface area contributed by atoms with Crippen LogP contribution < -0.4 is 10.7 Å². The Labute approximate surface area is 160 Å². The molecule has 3 rings (SSSR count). The Hall–Kier alpha value is -3.12. The number of amides is 1. The number of nitrogens with one attached hydrogen (secondary N) is 1. The van der Waals surface area contributed by atoms with E-state index in [1.54, 1.807) is 60.2 Å². The minimum Gasteiger partial charge on any atom is -0.462 e. The number of esters is 1. The average molecular weight is 385 g/mol. The van der Waals surface area contributed by atoms with Gasteiger partial charge in [-0.25, -0.2) is 4.79 Å². The average Bonchev–Trinajstić information content (AvgIpc) is 2.65. The van der Waals surface area contributed by atoms with Crippen molar-refractivity contribution in [2.75, 3.05) is 11.9 Å². The second kappa shape index (κ2) is 8.05. The molecule has 0 aliphatic heterocycles. The number of fused-ring (bicyclic) bond motifs is 1. The predicted molar refractivity (Wildman–Crippen MR) is 104 cm³/mol. The van der Waals surface area contributed by atoms with Crippen molar-refractivity contribution in [2.45, 2.75) is 13.5 Å². The Morgan fingerprint density at radius 1 is 1.11 bits per heavy atom. The summed E-state index contributed by atoms with van der Waals surface area (Å²) in [7, 11) is 0. The van der Waals surface area contributed by atoms with Gasteiger partial charge in [-0.2, -0.15) is 0 Å². The van der Waals surface area contributed by atoms with E-state index in [2.05, 4.69) is 5.32 Å². The van der Waals surface area contributed by atoms with E-state index in [9.17, 15) is 14.4 Å². The normalized spacial score (nSPS) is 10.6. The van der Waals surface area contributed by atoms with Crippen molar-refractivity contribution in [3.05, 3.63) is 75.5 Å². The number of rotatable bonds is 5. The summed E-state index contributed by atoms with van der Waals surface area (Å²) >= 11 is 6.02. The fourth-order valence-corrected chi connectivity index (χ4v) is 2.84. The Kier molecular flexibility index (Phi) is 5.57. The van der Waals surface area contributed by atoms with Crippen molar-refractivity contribution in [1.29, 1.82) is 0 Å². The highest BCUT2D eigenvalue weighted by Crippen LogP contribution is 2.17. The number of carbonyl (C=O) groups is 2. The van der Waals surface area contributed by atoms with Crippen LogP contribution in [0.4, 0.5) is 5.69 Å². The number of ether oxygens (including phenoxy) is 1. The molecule has 0 fully saturated rings. The maximum absolute atomic E-state index is 12.4. The number of halogens is 1. The third kappa shape index (κ3) is 4.35. The van der Waals surface area contributed by atoms with Crippen LogP contribution in [0.15, 0.2) is 59.5 Å². The highest BCUT2D eigenvalue weighted by atomic mass is 35.5. The summed E-state index contributed by atoms with van der Waals surface area (Å²) in [6.45, 7) is 2.05. The molecule has 1 aromatic heterocycles. The number of nitrogens with zero attached hydrogens (tertiary/aromatic N) is 1. The topological polar surface area (TPSA) is 77.4 Å². The minimum atomic E-state index is -0.410. The first-order chi connectivity index (χ1) is 13.0. The molecule has 1 N–H and O–H groups in total. The van der Waals surface area contributed by atoms with Crippen LogP contribution in [0.1, 0.15) is 17.3 Å². The predicted octanol–water partition coefficient (Wildman–Crippen LogP) is 3.47. The van der Waals surface area contributed by atoms with E-state index in [0.29, 0.717) is 33.8 Å². The van der Waals surface area contributed by atoms with Crippen molar-refractivity contribution in [1.82, 2.24) is 4.57 Å². The summed E-state index contributed by atoms with van der Waals surface area (Å²) in [6.07, 6.45) is 1.56. The monoisotopic (exact) mass is 384 g/mol. The molecule has 0 radical (unpaired) electrons. The van der Waals surface area contributed by atoms with Crippen LogP contribution in [0, 0.1) is 0 Å². The molecule has 3 aromatic rings. The molecule has 27 heavy (non-hydrogen) atoms. The summed E-state index contributed by atoms with van der Waals surface area (Å²) in [5.74, 6) is -0.684. The maximum atomic E-state index is 12.4. The number of anilines is 1. The summed E-state index contributed by atoms with van der Waals surface area (Å²) in [5.41, 5.74) is 1.42. The van der Waals surface area contributed by atoms with Crippen molar-refractivity contribution in [2.24, 2.45) is 0 Å². The SMILES string of the molecule is CCOC(=O)c1ccc(NC(=O)Cn2ccc(=O)c3ccc(Cl)cc32)cc1. The molecule has 0 aliphatic carbocycles. The third-order valence-corrected chi connectivity index (χ3v) is 4.17. The van der Waals surface area contributed by atoms with Gasteiger partial charge < -0.3 is 14.6 Å². The molecule has 1 amide bonds. The molecule has 138 valence electrons. The first-order valence-corrected chi connectivity index (χ1v) is 8.71. The van der Waals surface area contributed by atoms with Crippen LogP contribution in [0.5, 0.6) is 0 Å². The van der Waals surface area contributed by atoms with Crippen LogP contribution in [0.2, 0.25) is 5.02 Å². The minimum absolute atomic E-state index is 0.0107. The lowest BCUT2D eigenvalue weighted by Gasteiger charge is -2.11.